The lowest BCUT2D eigenvalue weighted by Crippen LogP contribution is -2.53. The first-order valence-corrected chi connectivity index (χ1v) is 10.2. The molecule has 0 radical (unpaired) electrons. The number of amides is 1. The van der Waals surface area contributed by atoms with E-state index in [0.717, 1.165) is 25.9 Å². The van der Waals surface area contributed by atoms with E-state index >= 15 is 0 Å². The molecule has 0 spiro atoms. The summed E-state index contributed by atoms with van der Waals surface area (Å²) in [4.78, 5) is 25.3. The fraction of sp³-hybridized carbons (Fsp3) is 0.895. The maximum atomic E-state index is 12.1. The maximum absolute atomic E-state index is 12.1. The number of halogens is 1. The Balaban J connectivity index is 0.00000392. The first-order valence-electron chi connectivity index (χ1n) is 10.2. The molecule has 2 N–H and O–H groups in total. The van der Waals surface area contributed by atoms with Crippen molar-refractivity contribution in [3.63, 3.8) is 0 Å². The number of ether oxygens (including phenoxy) is 1. The Morgan fingerprint density at radius 3 is 2.11 bits per heavy atom. The van der Waals surface area contributed by atoms with Crippen LogP contribution in [0.25, 0.3) is 0 Å². The van der Waals surface area contributed by atoms with Crippen LogP contribution in [0.15, 0.2) is 4.99 Å². The molecule has 1 amide bonds. The van der Waals surface area contributed by atoms with Crippen LogP contribution < -0.4 is 5.73 Å². The second-order valence-electron chi connectivity index (χ2n) is 8.55. The van der Waals surface area contributed by atoms with Crippen LogP contribution >= 0.6 is 24.0 Å². The van der Waals surface area contributed by atoms with Crippen LogP contribution in [0.5, 0.6) is 0 Å². The number of nitrogens with two attached hydrogens (primary N) is 1. The monoisotopic (exact) mass is 510 g/mol. The number of carbonyl (C=O) groups excluding carboxylic acids is 1. The van der Waals surface area contributed by atoms with Gasteiger partial charge in [-0.25, -0.2) is 4.79 Å². The molecule has 0 aliphatic carbocycles. The van der Waals surface area contributed by atoms with Crippen LogP contribution in [0.3, 0.4) is 0 Å². The number of piperazine rings is 2. The molecule has 0 atom stereocenters. The largest absolute Gasteiger partial charge is 0.444 e. The minimum Gasteiger partial charge on any atom is -0.444 e. The Kier molecular flexibility index (Phi) is 10.8. The van der Waals surface area contributed by atoms with Crippen molar-refractivity contribution in [1.82, 2.24) is 19.6 Å². The highest BCUT2D eigenvalue weighted by Gasteiger charge is 2.26. The van der Waals surface area contributed by atoms with Gasteiger partial charge in [0.25, 0.3) is 0 Å². The highest BCUT2D eigenvalue weighted by molar-refractivity contribution is 14.0. The SMILES string of the molecule is CN1CCN(CCCCN=C(N)N2CCN(C(=O)OC(C)(C)C)CC2)CC1.I. The lowest BCUT2D eigenvalue weighted by atomic mass is 10.2. The van der Waals surface area contributed by atoms with Crippen molar-refractivity contribution < 1.29 is 9.53 Å². The van der Waals surface area contributed by atoms with E-state index in [-0.39, 0.29) is 30.1 Å². The van der Waals surface area contributed by atoms with E-state index in [1.54, 1.807) is 4.90 Å². The number of aliphatic imine (C=N–C) groups is 1. The molecule has 8 nitrogen and oxygen atoms in total. The molecule has 2 aliphatic heterocycles. The van der Waals surface area contributed by atoms with E-state index in [4.69, 9.17) is 10.5 Å². The Labute approximate surface area is 187 Å². The molecule has 0 aromatic heterocycles. The molecule has 0 bridgehead atoms. The van der Waals surface area contributed by atoms with Gasteiger partial charge in [-0.3, -0.25) is 4.99 Å². The van der Waals surface area contributed by atoms with Gasteiger partial charge in [0.2, 0.25) is 0 Å². The second-order valence-corrected chi connectivity index (χ2v) is 8.55. The lowest BCUT2D eigenvalue weighted by molar-refractivity contribution is 0.0186. The molecule has 0 unspecified atom stereocenters. The zero-order valence-corrected chi connectivity index (χ0v) is 20.4. The van der Waals surface area contributed by atoms with Crippen molar-refractivity contribution >= 4 is 36.0 Å². The molecular formula is C19H39IN6O2. The zero-order valence-electron chi connectivity index (χ0n) is 18.0. The third-order valence-electron chi connectivity index (χ3n) is 5.01. The second kappa shape index (κ2) is 12.0. The van der Waals surface area contributed by atoms with E-state index in [0.29, 0.717) is 32.1 Å². The van der Waals surface area contributed by atoms with Crippen molar-refractivity contribution in [2.45, 2.75) is 39.2 Å². The first kappa shape index (κ1) is 25.2. The predicted octanol–water partition coefficient (Wildman–Crippen LogP) is 1.50. The highest BCUT2D eigenvalue weighted by Crippen LogP contribution is 2.12. The summed E-state index contributed by atoms with van der Waals surface area (Å²) in [5.74, 6) is 0.596. The van der Waals surface area contributed by atoms with Gasteiger partial charge in [0.05, 0.1) is 0 Å². The molecule has 28 heavy (non-hydrogen) atoms. The van der Waals surface area contributed by atoms with Gasteiger partial charge in [-0.1, -0.05) is 0 Å². The lowest BCUT2D eigenvalue weighted by Gasteiger charge is -2.36. The Morgan fingerprint density at radius 1 is 0.964 bits per heavy atom. The number of guanidine groups is 1. The van der Waals surface area contributed by atoms with E-state index in [1.807, 2.05) is 20.8 Å². The summed E-state index contributed by atoms with van der Waals surface area (Å²) in [6.07, 6.45) is 1.97. The molecule has 0 aromatic rings. The molecule has 0 aromatic carbocycles. The third-order valence-corrected chi connectivity index (χ3v) is 5.01. The smallest absolute Gasteiger partial charge is 0.410 e. The fourth-order valence-corrected chi connectivity index (χ4v) is 3.26. The van der Waals surface area contributed by atoms with Crippen molar-refractivity contribution in [3.8, 4) is 0 Å². The van der Waals surface area contributed by atoms with Gasteiger partial charge < -0.3 is 30.1 Å². The number of carbonyl (C=O) groups is 1. The van der Waals surface area contributed by atoms with Crippen LogP contribution in [0.1, 0.15) is 33.6 Å². The molecule has 0 saturated carbocycles. The molecule has 2 rings (SSSR count). The van der Waals surface area contributed by atoms with Gasteiger partial charge in [0.1, 0.15) is 5.60 Å². The molecule has 2 saturated heterocycles. The van der Waals surface area contributed by atoms with Gasteiger partial charge in [-0.15, -0.1) is 24.0 Å². The van der Waals surface area contributed by atoms with Gasteiger partial charge in [0.15, 0.2) is 5.96 Å². The van der Waals surface area contributed by atoms with E-state index in [1.165, 1.54) is 26.2 Å². The van der Waals surface area contributed by atoms with Crippen LogP contribution in [0, 0.1) is 0 Å². The number of hydrogen-bond donors (Lipinski definition) is 1. The Bertz CT molecular complexity index is 495. The van der Waals surface area contributed by atoms with E-state index in [9.17, 15) is 4.79 Å². The summed E-state index contributed by atoms with van der Waals surface area (Å²) in [6.45, 7) is 14.9. The van der Waals surface area contributed by atoms with Crippen LogP contribution in [-0.2, 0) is 4.74 Å². The third kappa shape index (κ3) is 9.13. The van der Waals surface area contributed by atoms with Gasteiger partial charge in [-0.05, 0) is 47.2 Å². The van der Waals surface area contributed by atoms with Crippen molar-refractivity contribution in [1.29, 1.82) is 0 Å². The normalized spacial score (nSPS) is 20.1. The standard InChI is InChI=1S/C19H38N6O2.HI/c1-19(2,3)27-18(26)25-15-13-24(14-16-25)17(20)21-7-5-6-8-23-11-9-22(4)10-12-23;/h5-16H2,1-4H3,(H2,20,21);1H. The Morgan fingerprint density at radius 2 is 1.54 bits per heavy atom. The number of unbranched alkanes of at least 4 members (excludes halogenated alkanes) is 1. The van der Waals surface area contributed by atoms with Gasteiger partial charge in [0, 0.05) is 58.9 Å². The number of likely N-dealkylation sites (N-methyl/N-ethyl adjacent to an activating group) is 1. The number of hydrogen-bond acceptors (Lipinski definition) is 5. The predicted molar refractivity (Wildman–Crippen MR) is 124 cm³/mol. The van der Waals surface area contributed by atoms with Crippen LogP contribution in [0.4, 0.5) is 4.79 Å². The average molecular weight is 510 g/mol. The van der Waals surface area contributed by atoms with E-state index < -0.39 is 5.60 Å². The summed E-state index contributed by atoms with van der Waals surface area (Å²) in [7, 11) is 2.18. The summed E-state index contributed by atoms with van der Waals surface area (Å²) in [6, 6.07) is 0. The molecule has 164 valence electrons. The molecular weight excluding hydrogens is 471 g/mol. The summed E-state index contributed by atoms with van der Waals surface area (Å²) in [5, 5.41) is 0. The number of rotatable bonds is 5. The molecule has 2 heterocycles. The fourth-order valence-electron chi connectivity index (χ4n) is 3.26. The summed E-state index contributed by atoms with van der Waals surface area (Å²) >= 11 is 0. The van der Waals surface area contributed by atoms with Crippen molar-refractivity contribution in [2.24, 2.45) is 10.7 Å². The summed E-state index contributed by atoms with van der Waals surface area (Å²) in [5.41, 5.74) is 5.68. The van der Waals surface area contributed by atoms with Crippen LogP contribution in [0.2, 0.25) is 0 Å². The van der Waals surface area contributed by atoms with Gasteiger partial charge >= 0.3 is 6.09 Å². The average Bonchev–Trinajstić information content (AvgIpc) is 2.61. The molecule has 2 aliphatic rings. The zero-order chi connectivity index (χ0) is 19.9. The molecule has 9 heteroatoms. The maximum Gasteiger partial charge on any atom is 0.410 e. The minimum atomic E-state index is -0.460. The Hall–Kier alpha value is -0.810. The minimum absolute atomic E-state index is 0. The first-order chi connectivity index (χ1) is 12.7. The quantitative estimate of drug-likeness (QED) is 0.262. The molecule has 2 fully saturated rings. The topological polar surface area (TPSA) is 77.6 Å². The van der Waals surface area contributed by atoms with Crippen LogP contribution in [-0.4, -0.2) is 110 Å². The van der Waals surface area contributed by atoms with Crippen molar-refractivity contribution in [2.75, 3.05) is 72.5 Å². The van der Waals surface area contributed by atoms with Crippen molar-refractivity contribution in [3.05, 3.63) is 0 Å². The summed E-state index contributed by atoms with van der Waals surface area (Å²) < 4.78 is 5.42. The van der Waals surface area contributed by atoms with E-state index in [2.05, 4.69) is 26.7 Å². The number of nitrogens with zero attached hydrogens (tertiary/aromatic N) is 5. The van der Waals surface area contributed by atoms with Gasteiger partial charge in [-0.2, -0.15) is 0 Å². The highest BCUT2D eigenvalue weighted by atomic mass is 127.